The lowest BCUT2D eigenvalue weighted by molar-refractivity contribution is -0.132. The van der Waals surface area contributed by atoms with Gasteiger partial charge < -0.3 is 15.1 Å². The van der Waals surface area contributed by atoms with Gasteiger partial charge in [0.25, 0.3) is 11.5 Å². The third-order valence-corrected chi connectivity index (χ3v) is 9.68. The van der Waals surface area contributed by atoms with Gasteiger partial charge in [-0.2, -0.15) is 0 Å². The highest BCUT2D eigenvalue weighted by molar-refractivity contribution is 6.32. The Morgan fingerprint density at radius 3 is 2.41 bits per heavy atom. The van der Waals surface area contributed by atoms with Gasteiger partial charge in [0.2, 0.25) is 5.91 Å². The molecular weight excluding hydrogens is 638 g/mol. The smallest absolute Gasteiger partial charge is 0.261 e. The number of halogens is 1. The SMILES string of the molecule is C#CCN(Cc1cc2c(=O)n(CC(=O)N3CCCCC3)c(CN3CCCCC3)nc2cc1Cl)c1ccc(C(=O)NCc2cccnc2)cc1. The van der Waals surface area contributed by atoms with E-state index in [1.807, 2.05) is 34.1 Å². The maximum Gasteiger partial charge on any atom is 0.261 e. The van der Waals surface area contributed by atoms with E-state index < -0.39 is 0 Å². The number of benzene rings is 2. The molecule has 10 nitrogen and oxygen atoms in total. The Morgan fingerprint density at radius 1 is 0.980 bits per heavy atom. The number of nitrogens with zero attached hydrogens (tertiary/aromatic N) is 6. The quantitative estimate of drug-likeness (QED) is 0.222. The molecule has 0 saturated carbocycles. The van der Waals surface area contributed by atoms with Crippen LogP contribution in [-0.2, 0) is 31.0 Å². The normalized spacial score (nSPS) is 15.1. The van der Waals surface area contributed by atoms with Crippen LogP contribution in [0.3, 0.4) is 0 Å². The highest BCUT2D eigenvalue weighted by atomic mass is 35.5. The first-order valence-corrected chi connectivity index (χ1v) is 17.4. The number of terminal acetylenes is 1. The van der Waals surface area contributed by atoms with Gasteiger partial charge in [0.05, 0.1) is 24.0 Å². The molecular formula is C38H42ClN7O3. The van der Waals surface area contributed by atoms with Crippen molar-refractivity contribution in [2.75, 3.05) is 37.6 Å². The van der Waals surface area contributed by atoms with Crippen LogP contribution in [0.5, 0.6) is 0 Å². The molecule has 0 radical (unpaired) electrons. The van der Waals surface area contributed by atoms with E-state index in [-0.39, 0.29) is 30.5 Å². The lowest BCUT2D eigenvalue weighted by atomic mass is 10.1. The van der Waals surface area contributed by atoms with Crippen LogP contribution in [0.2, 0.25) is 5.02 Å². The molecule has 2 aliphatic rings. The number of likely N-dealkylation sites (tertiary alicyclic amines) is 2. The van der Waals surface area contributed by atoms with Crippen LogP contribution < -0.4 is 15.8 Å². The van der Waals surface area contributed by atoms with Crippen molar-refractivity contribution in [3.05, 3.63) is 98.8 Å². The van der Waals surface area contributed by atoms with E-state index in [9.17, 15) is 14.4 Å². The van der Waals surface area contributed by atoms with Crippen molar-refractivity contribution in [1.82, 2.24) is 29.7 Å². The summed E-state index contributed by atoms with van der Waals surface area (Å²) in [6.07, 6.45) is 15.7. The van der Waals surface area contributed by atoms with Gasteiger partial charge in [-0.05, 0) is 98.8 Å². The molecule has 49 heavy (non-hydrogen) atoms. The van der Waals surface area contributed by atoms with Gasteiger partial charge in [-0.15, -0.1) is 6.42 Å². The molecule has 2 aliphatic heterocycles. The summed E-state index contributed by atoms with van der Waals surface area (Å²) < 4.78 is 1.57. The zero-order chi connectivity index (χ0) is 34.2. The molecule has 0 atom stereocenters. The lowest BCUT2D eigenvalue weighted by Crippen LogP contribution is -2.41. The molecule has 0 spiro atoms. The molecule has 2 aromatic heterocycles. The van der Waals surface area contributed by atoms with Gasteiger partial charge in [-0.25, -0.2) is 4.98 Å². The first kappa shape index (κ1) is 34.2. The standard InChI is InChI=1S/C38H42ClN7O3/c1-2-16-45(31-13-11-29(12-14-31)37(48)41-24-28-10-9-15-40-23-28)25-30-21-32-34(22-33(30)39)42-35(26-43-17-5-3-6-18-43)46(38(32)49)27-36(47)44-19-7-4-8-20-44/h1,9-15,21-23H,3-8,16-20,24-27H2,(H,41,48). The Bertz CT molecular complexity index is 1880. The van der Waals surface area contributed by atoms with Crippen LogP contribution in [0.15, 0.2) is 65.7 Å². The molecule has 2 saturated heterocycles. The third kappa shape index (κ3) is 8.48. The predicted molar refractivity (Wildman–Crippen MR) is 192 cm³/mol. The number of amides is 2. The number of hydrogen-bond acceptors (Lipinski definition) is 7. The number of fused-ring (bicyclic) bond motifs is 1. The molecule has 254 valence electrons. The number of rotatable bonds is 11. The monoisotopic (exact) mass is 679 g/mol. The van der Waals surface area contributed by atoms with Gasteiger partial charge in [0, 0.05) is 54.8 Å². The minimum absolute atomic E-state index is 0.0334. The summed E-state index contributed by atoms with van der Waals surface area (Å²) in [6.45, 7) is 4.78. The van der Waals surface area contributed by atoms with Gasteiger partial charge in [0.15, 0.2) is 0 Å². The van der Waals surface area contributed by atoms with E-state index in [2.05, 4.69) is 21.1 Å². The molecule has 11 heteroatoms. The van der Waals surface area contributed by atoms with Crippen molar-refractivity contribution in [2.24, 2.45) is 0 Å². The summed E-state index contributed by atoms with van der Waals surface area (Å²) in [4.78, 5) is 55.6. The maximum absolute atomic E-state index is 14.2. The van der Waals surface area contributed by atoms with Crippen molar-refractivity contribution in [1.29, 1.82) is 0 Å². The van der Waals surface area contributed by atoms with E-state index in [1.54, 1.807) is 41.2 Å². The van der Waals surface area contributed by atoms with E-state index in [0.717, 1.165) is 69.5 Å². The molecule has 0 bridgehead atoms. The Kier molecular flexibility index (Phi) is 11.2. The zero-order valence-corrected chi connectivity index (χ0v) is 28.5. The Morgan fingerprint density at radius 2 is 1.71 bits per heavy atom. The Balaban J connectivity index is 1.26. The summed E-state index contributed by atoms with van der Waals surface area (Å²) in [7, 11) is 0. The van der Waals surface area contributed by atoms with E-state index >= 15 is 0 Å². The predicted octanol–water partition coefficient (Wildman–Crippen LogP) is 5.01. The maximum atomic E-state index is 14.2. The van der Waals surface area contributed by atoms with Crippen LogP contribution in [0, 0.1) is 12.3 Å². The number of carbonyl (C=O) groups excluding carboxylic acids is 2. The molecule has 2 aromatic carbocycles. The molecule has 4 aromatic rings. The topological polar surface area (TPSA) is 104 Å². The van der Waals surface area contributed by atoms with Crippen molar-refractivity contribution in [3.8, 4) is 12.3 Å². The van der Waals surface area contributed by atoms with Crippen LogP contribution in [0.1, 0.15) is 65.8 Å². The van der Waals surface area contributed by atoms with Gasteiger partial charge in [-0.1, -0.05) is 30.0 Å². The summed E-state index contributed by atoms with van der Waals surface area (Å²) in [5.74, 6) is 3.06. The number of carbonyl (C=O) groups is 2. The molecule has 0 unspecified atom stereocenters. The molecule has 2 fully saturated rings. The average Bonchev–Trinajstić information content (AvgIpc) is 3.14. The molecule has 0 aliphatic carbocycles. The van der Waals surface area contributed by atoms with Crippen molar-refractivity contribution in [3.63, 3.8) is 0 Å². The second-order valence-corrected chi connectivity index (χ2v) is 13.2. The van der Waals surface area contributed by atoms with Crippen LogP contribution in [0.25, 0.3) is 10.9 Å². The minimum atomic E-state index is -0.245. The number of nitrogens with one attached hydrogen (secondary N) is 1. The first-order chi connectivity index (χ1) is 23.9. The summed E-state index contributed by atoms with van der Waals surface area (Å²) >= 11 is 6.85. The van der Waals surface area contributed by atoms with Gasteiger partial charge >= 0.3 is 0 Å². The first-order valence-electron chi connectivity index (χ1n) is 17.1. The highest BCUT2D eigenvalue weighted by Crippen LogP contribution is 2.26. The van der Waals surface area contributed by atoms with Crippen LogP contribution in [0.4, 0.5) is 5.69 Å². The van der Waals surface area contributed by atoms with E-state index in [1.165, 1.54) is 6.42 Å². The second-order valence-electron chi connectivity index (χ2n) is 12.8. The number of anilines is 1. The van der Waals surface area contributed by atoms with Crippen LogP contribution in [-0.4, -0.2) is 68.9 Å². The Hall–Kier alpha value is -4.72. The number of aromatic nitrogens is 3. The largest absolute Gasteiger partial charge is 0.356 e. The molecule has 1 N–H and O–H groups in total. The fraction of sp³-hybridized carbons (Fsp3) is 0.395. The zero-order valence-electron chi connectivity index (χ0n) is 27.7. The van der Waals surface area contributed by atoms with Crippen molar-refractivity contribution >= 4 is 40.0 Å². The third-order valence-electron chi connectivity index (χ3n) is 9.33. The van der Waals surface area contributed by atoms with Gasteiger partial charge in [0.1, 0.15) is 12.4 Å². The summed E-state index contributed by atoms with van der Waals surface area (Å²) in [5.41, 5.74) is 3.21. The molecule has 2 amide bonds. The van der Waals surface area contributed by atoms with Crippen molar-refractivity contribution in [2.45, 2.75) is 64.7 Å². The second kappa shape index (κ2) is 16.1. The fourth-order valence-electron chi connectivity index (χ4n) is 6.60. The minimum Gasteiger partial charge on any atom is -0.356 e. The van der Waals surface area contributed by atoms with Crippen molar-refractivity contribution < 1.29 is 9.59 Å². The van der Waals surface area contributed by atoms with Gasteiger partial charge in [-0.3, -0.25) is 28.8 Å². The highest BCUT2D eigenvalue weighted by Gasteiger charge is 2.23. The fourth-order valence-corrected chi connectivity index (χ4v) is 6.82. The lowest BCUT2D eigenvalue weighted by Gasteiger charge is -2.29. The van der Waals surface area contributed by atoms with E-state index in [4.69, 9.17) is 23.0 Å². The average molecular weight is 680 g/mol. The number of pyridine rings is 1. The Labute approximate surface area is 292 Å². The van der Waals surface area contributed by atoms with E-state index in [0.29, 0.717) is 52.5 Å². The molecule has 6 rings (SSSR count). The number of piperidine rings is 2. The summed E-state index contributed by atoms with van der Waals surface area (Å²) in [6, 6.07) is 14.5. The molecule has 4 heterocycles. The van der Waals surface area contributed by atoms with Crippen LogP contribution >= 0.6 is 11.6 Å². The number of hydrogen-bond donors (Lipinski definition) is 1. The summed E-state index contributed by atoms with van der Waals surface area (Å²) in [5, 5.41) is 3.80.